The van der Waals surface area contributed by atoms with E-state index in [9.17, 15) is 4.79 Å². The second kappa shape index (κ2) is 2.48. The zero-order chi connectivity index (χ0) is 9.54. The number of nitrogens with one attached hydrogen (secondary N) is 2. The number of benzene rings is 1. The lowest BCUT2D eigenvalue weighted by atomic mass is 10.1. The summed E-state index contributed by atoms with van der Waals surface area (Å²) in [4.78, 5) is 17.3. The number of aromatic amines is 2. The normalized spacial score (nSPS) is 11.1. The van der Waals surface area contributed by atoms with Gasteiger partial charge in [-0.3, -0.25) is 4.79 Å². The van der Waals surface area contributed by atoms with Crippen LogP contribution in [-0.2, 0) is 0 Å². The lowest BCUT2D eigenvalue weighted by Gasteiger charge is -1.97. The maximum Gasteiger partial charge on any atom is 0.255 e. The van der Waals surface area contributed by atoms with Gasteiger partial charge in [0.2, 0.25) is 0 Å². The Balaban J connectivity index is 2.71. The molecule has 0 amide bonds. The number of fused-ring (bicyclic) bond motifs is 3. The van der Waals surface area contributed by atoms with E-state index in [1.807, 2.05) is 30.5 Å². The van der Waals surface area contributed by atoms with Gasteiger partial charge in [0.25, 0.3) is 5.56 Å². The molecule has 3 aromatic rings. The molecule has 1 aromatic carbocycles. The SMILES string of the molecule is O=c1[nH]ccc2c1ccc1[nH]ccc12. The molecule has 0 aliphatic carbocycles. The minimum absolute atomic E-state index is 0.0365. The number of hydrogen-bond donors (Lipinski definition) is 2. The van der Waals surface area contributed by atoms with Crippen molar-refractivity contribution in [2.45, 2.75) is 0 Å². The molecule has 2 aromatic heterocycles. The molecule has 0 atom stereocenters. The van der Waals surface area contributed by atoms with Gasteiger partial charge in [-0.1, -0.05) is 0 Å². The van der Waals surface area contributed by atoms with Crippen LogP contribution in [0.2, 0.25) is 0 Å². The van der Waals surface area contributed by atoms with Crippen molar-refractivity contribution < 1.29 is 0 Å². The summed E-state index contributed by atoms with van der Waals surface area (Å²) < 4.78 is 0. The van der Waals surface area contributed by atoms with Crippen molar-refractivity contribution in [3.05, 3.63) is 47.0 Å². The standard InChI is InChI=1S/C11H8N2O/c14-11-9-1-2-10-8(4-5-12-10)7(9)3-6-13-11/h1-6,12H,(H,13,14). The summed E-state index contributed by atoms with van der Waals surface area (Å²) in [5, 5.41) is 2.82. The number of hydrogen-bond acceptors (Lipinski definition) is 1. The predicted molar refractivity (Wildman–Crippen MR) is 56.4 cm³/mol. The number of aromatic nitrogens is 2. The second-order valence-electron chi connectivity index (χ2n) is 3.27. The second-order valence-corrected chi connectivity index (χ2v) is 3.27. The van der Waals surface area contributed by atoms with Crippen molar-refractivity contribution in [2.24, 2.45) is 0 Å². The molecule has 14 heavy (non-hydrogen) atoms. The summed E-state index contributed by atoms with van der Waals surface area (Å²) in [5.74, 6) is 0. The summed E-state index contributed by atoms with van der Waals surface area (Å²) in [6.07, 6.45) is 3.56. The van der Waals surface area contributed by atoms with E-state index in [-0.39, 0.29) is 5.56 Å². The minimum atomic E-state index is -0.0365. The highest BCUT2D eigenvalue weighted by atomic mass is 16.1. The summed E-state index contributed by atoms with van der Waals surface area (Å²) in [5.41, 5.74) is 1.02. The Labute approximate surface area is 79.4 Å². The van der Waals surface area contributed by atoms with Gasteiger partial charge in [0.1, 0.15) is 0 Å². The molecule has 3 nitrogen and oxygen atoms in total. The Bertz CT molecular complexity index is 663. The summed E-state index contributed by atoms with van der Waals surface area (Å²) in [6.45, 7) is 0. The maximum atomic E-state index is 11.5. The van der Waals surface area contributed by atoms with Crippen LogP contribution in [0.5, 0.6) is 0 Å². The largest absolute Gasteiger partial charge is 0.361 e. The van der Waals surface area contributed by atoms with Crippen LogP contribution in [0.3, 0.4) is 0 Å². The van der Waals surface area contributed by atoms with Crippen LogP contribution in [-0.4, -0.2) is 9.97 Å². The first-order valence-electron chi connectivity index (χ1n) is 4.44. The average Bonchev–Trinajstić information content (AvgIpc) is 2.66. The van der Waals surface area contributed by atoms with E-state index in [0.29, 0.717) is 0 Å². The van der Waals surface area contributed by atoms with Crippen molar-refractivity contribution >= 4 is 21.7 Å². The van der Waals surface area contributed by atoms with Gasteiger partial charge < -0.3 is 9.97 Å². The van der Waals surface area contributed by atoms with Crippen LogP contribution in [0.15, 0.2) is 41.5 Å². The maximum absolute atomic E-state index is 11.5. The highest BCUT2D eigenvalue weighted by Gasteiger charge is 2.02. The monoisotopic (exact) mass is 184 g/mol. The fourth-order valence-electron chi connectivity index (χ4n) is 1.81. The molecule has 0 fully saturated rings. The molecule has 0 saturated carbocycles. The Kier molecular flexibility index (Phi) is 1.31. The van der Waals surface area contributed by atoms with E-state index in [1.165, 1.54) is 0 Å². The van der Waals surface area contributed by atoms with Crippen LogP contribution < -0.4 is 5.56 Å². The molecular formula is C11H8N2O. The third kappa shape index (κ3) is 0.836. The summed E-state index contributed by atoms with van der Waals surface area (Å²) >= 11 is 0. The number of H-pyrrole nitrogens is 2. The van der Waals surface area contributed by atoms with Crippen molar-refractivity contribution in [1.29, 1.82) is 0 Å². The third-order valence-corrected chi connectivity index (χ3v) is 2.49. The molecule has 0 aliphatic heterocycles. The first kappa shape index (κ1) is 7.38. The Morgan fingerprint density at radius 3 is 2.50 bits per heavy atom. The van der Waals surface area contributed by atoms with Gasteiger partial charge in [-0.25, -0.2) is 0 Å². The molecule has 3 rings (SSSR count). The Morgan fingerprint density at radius 1 is 0.786 bits per heavy atom. The Hall–Kier alpha value is -2.03. The summed E-state index contributed by atoms with van der Waals surface area (Å²) in [6, 6.07) is 7.67. The van der Waals surface area contributed by atoms with E-state index in [1.54, 1.807) is 6.20 Å². The average molecular weight is 184 g/mol. The van der Waals surface area contributed by atoms with Gasteiger partial charge in [-0.05, 0) is 29.7 Å². The highest BCUT2D eigenvalue weighted by Crippen LogP contribution is 2.21. The molecule has 2 N–H and O–H groups in total. The molecule has 2 heterocycles. The van der Waals surface area contributed by atoms with Gasteiger partial charge in [0.15, 0.2) is 0 Å². The topological polar surface area (TPSA) is 48.6 Å². The minimum Gasteiger partial charge on any atom is -0.361 e. The molecule has 0 saturated heterocycles. The van der Waals surface area contributed by atoms with Crippen LogP contribution in [0.1, 0.15) is 0 Å². The molecule has 0 radical (unpaired) electrons. The van der Waals surface area contributed by atoms with E-state index in [4.69, 9.17) is 0 Å². The van der Waals surface area contributed by atoms with Crippen LogP contribution in [0.4, 0.5) is 0 Å². The van der Waals surface area contributed by atoms with E-state index in [0.717, 1.165) is 21.7 Å². The molecule has 0 unspecified atom stereocenters. The molecule has 0 spiro atoms. The van der Waals surface area contributed by atoms with Crippen LogP contribution in [0.25, 0.3) is 21.7 Å². The fourth-order valence-corrected chi connectivity index (χ4v) is 1.81. The van der Waals surface area contributed by atoms with Gasteiger partial charge in [0.05, 0.1) is 0 Å². The molecule has 68 valence electrons. The van der Waals surface area contributed by atoms with Crippen molar-refractivity contribution in [3.63, 3.8) is 0 Å². The smallest absolute Gasteiger partial charge is 0.255 e. The summed E-state index contributed by atoms with van der Waals surface area (Å²) in [7, 11) is 0. The van der Waals surface area contributed by atoms with Gasteiger partial charge >= 0.3 is 0 Å². The molecule has 0 aliphatic rings. The first-order chi connectivity index (χ1) is 6.86. The van der Waals surface area contributed by atoms with Gasteiger partial charge in [0, 0.05) is 28.7 Å². The van der Waals surface area contributed by atoms with Crippen molar-refractivity contribution in [3.8, 4) is 0 Å². The number of pyridine rings is 1. The Morgan fingerprint density at radius 2 is 1.57 bits per heavy atom. The number of rotatable bonds is 0. The van der Waals surface area contributed by atoms with Gasteiger partial charge in [-0.2, -0.15) is 0 Å². The van der Waals surface area contributed by atoms with Crippen LogP contribution >= 0.6 is 0 Å². The highest BCUT2D eigenvalue weighted by molar-refractivity contribution is 6.05. The van der Waals surface area contributed by atoms with Crippen LogP contribution in [0, 0.1) is 0 Å². The van der Waals surface area contributed by atoms with E-state index >= 15 is 0 Å². The lowest BCUT2D eigenvalue weighted by molar-refractivity contribution is 1.28. The fraction of sp³-hybridized carbons (Fsp3) is 0. The van der Waals surface area contributed by atoms with E-state index < -0.39 is 0 Å². The molecule has 3 heteroatoms. The molecular weight excluding hydrogens is 176 g/mol. The van der Waals surface area contributed by atoms with Crippen molar-refractivity contribution in [2.75, 3.05) is 0 Å². The zero-order valence-corrected chi connectivity index (χ0v) is 7.37. The first-order valence-corrected chi connectivity index (χ1v) is 4.44. The van der Waals surface area contributed by atoms with Gasteiger partial charge in [-0.15, -0.1) is 0 Å². The quantitative estimate of drug-likeness (QED) is 0.551. The van der Waals surface area contributed by atoms with E-state index in [2.05, 4.69) is 9.97 Å². The zero-order valence-electron chi connectivity index (χ0n) is 7.37. The predicted octanol–water partition coefficient (Wildman–Crippen LogP) is 2.01. The lowest BCUT2D eigenvalue weighted by Crippen LogP contribution is -2.03. The molecule has 0 bridgehead atoms. The van der Waals surface area contributed by atoms with Crippen molar-refractivity contribution in [1.82, 2.24) is 9.97 Å². The third-order valence-electron chi connectivity index (χ3n) is 2.49.